The number of hydrogen-bond acceptors (Lipinski definition) is 2. The van der Waals surface area contributed by atoms with E-state index >= 15 is 0 Å². The lowest BCUT2D eigenvalue weighted by Gasteiger charge is -2.27. The summed E-state index contributed by atoms with van der Waals surface area (Å²) in [6.45, 7) is 0. The van der Waals surface area contributed by atoms with Gasteiger partial charge in [0, 0.05) is 6.42 Å². The average molecular weight is 567 g/mol. The third-order valence-corrected chi connectivity index (χ3v) is 11.8. The Bertz CT molecular complexity index is 1420. The Hall–Kier alpha value is -3.10. The van der Waals surface area contributed by atoms with Crippen LogP contribution in [0.2, 0.25) is 0 Å². The van der Waals surface area contributed by atoms with Gasteiger partial charge < -0.3 is 17.0 Å². The van der Waals surface area contributed by atoms with Gasteiger partial charge in [0.05, 0.1) is 15.2 Å². The van der Waals surface area contributed by atoms with Gasteiger partial charge in [-0.3, -0.25) is 0 Å². The van der Waals surface area contributed by atoms with Crippen LogP contribution in [-0.4, -0.2) is 4.98 Å². The maximum atomic E-state index is 4.85. The maximum absolute atomic E-state index is 4.85. The normalized spacial score (nSPS) is 11.2. The van der Waals surface area contributed by atoms with Gasteiger partial charge in [-0.1, -0.05) is 78.9 Å². The van der Waals surface area contributed by atoms with E-state index in [4.69, 9.17) is 4.98 Å². The molecule has 0 aliphatic carbocycles. The van der Waals surface area contributed by atoms with Crippen molar-refractivity contribution < 1.29 is 17.0 Å². The Kier molecular flexibility index (Phi) is 7.43. The summed E-state index contributed by atoms with van der Waals surface area (Å²) < 4.78 is 1.25. The summed E-state index contributed by atoms with van der Waals surface area (Å²) in [7, 11) is -2.04. The molecule has 6 rings (SSSR count). The number of benzene rings is 5. The van der Waals surface area contributed by atoms with Crippen molar-refractivity contribution in [2.75, 3.05) is 0 Å². The summed E-state index contributed by atoms with van der Waals surface area (Å²) in [6.07, 6.45) is 0.854. The highest BCUT2D eigenvalue weighted by Gasteiger charge is 2.47. The van der Waals surface area contributed by atoms with Crippen LogP contribution in [0.1, 0.15) is 10.6 Å². The highest BCUT2D eigenvalue weighted by molar-refractivity contribution is 8.01. The molecule has 0 saturated carbocycles. The zero-order chi connectivity index (χ0) is 23.5. The second kappa shape index (κ2) is 10.9. The minimum atomic E-state index is -2.04. The predicted octanol–water partition coefficient (Wildman–Crippen LogP) is 3.51. The molecule has 0 saturated heterocycles. The van der Waals surface area contributed by atoms with E-state index in [0.29, 0.717) is 0 Å². The Labute approximate surface area is 227 Å². The number of nitrogens with zero attached hydrogens (tertiary/aromatic N) is 1. The molecule has 6 aromatic rings. The van der Waals surface area contributed by atoms with Gasteiger partial charge in [0.15, 0.2) is 0 Å². The van der Waals surface area contributed by atoms with Crippen LogP contribution in [0.3, 0.4) is 0 Å². The third-order valence-electron chi connectivity index (χ3n) is 6.45. The molecule has 0 spiro atoms. The van der Waals surface area contributed by atoms with Crippen LogP contribution in [0, 0.1) is 0 Å². The molecular formula is C32H25BrNPS. The second-order valence-electron chi connectivity index (χ2n) is 8.60. The summed E-state index contributed by atoms with van der Waals surface area (Å²) in [5.74, 6) is 0. The fourth-order valence-corrected chi connectivity index (χ4v) is 10.1. The zero-order valence-electron chi connectivity index (χ0n) is 19.7. The number of para-hydroxylation sites is 1. The van der Waals surface area contributed by atoms with Crippen molar-refractivity contribution in [1.82, 2.24) is 4.98 Å². The minimum absolute atomic E-state index is 0. The second-order valence-corrected chi connectivity index (χ2v) is 13.1. The first-order valence-electron chi connectivity index (χ1n) is 11.8. The fraction of sp³-hybridized carbons (Fsp3) is 0.0312. The molecule has 1 nitrogen and oxygen atoms in total. The summed E-state index contributed by atoms with van der Waals surface area (Å²) in [6, 6.07) is 50.7. The minimum Gasteiger partial charge on any atom is -1.00 e. The highest BCUT2D eigenvalue weighted by atomic mass is 79.9. The third kappa shape index (κ3) is 4.55. The van der Waals surface area contributed by atoms with E-state index < -0.39 is 7.26 Å². The number of halogens is 1. The van der Waals surface area contributed by atoms with Crippen LogP contribution in [0.25, 0.3) is 10.2 Å². The van der Waals surface area contributed by atoms with Crippen LogP contribution in [-0.2, 0) is 6.42 Å². The quantitative estimate of drug-likeness (QED) is 0.282. The molecule has 0 atom stereocenters. The molecule has 0 aliphatic rings. The van der Waals surface area contributed by atoms with Gasteiger partial charge >= 0.3 is 0 Å². The first kappa shape index (κ1) is 24.6. The van der Waals surface area contributed by atoms with Crippen LogP contribution in [0.5, 0.6) is 0 Å². The Balaban J connectivity index is 0.00000267. The Morgan fingerprint density at radius 1 is 0.500 bits per heavy atom. The van der Waals surface area contributed by atoms with E-state index in [1.165, 1.54) is 31.5 Å². The molecule has 0 bridgehead atoms. The number of hydrogen-bond donors (Lipinski definition) is 0. The van der Waals surface area contributed by atoms with Gasteiger partial charge in [-0.2, -0.15) is 0 Å². The molecule has 4 heteroatoms. The van der Waals surface area contributed by atoms with Gasteiger partial charge in [0.2, 0.25) is 0 Å². The molecule has 0 aliphatic heterocycles. The van der Waals surface area contributed by atoms with Crippen LogP contribution in [0.15, 0.2) is 140 Å². The van der Waals surface area contributed by atoms with Crippen molar-refractivity contribution in [3.63, 3.8) is 0 Å². The molecule has 176 valence electrons. The summed E-state index contributed by atoms with van der Waals surface area (Å²) in [5, 5.41) is 6.65. The predicted molar refractivity (Wildman–Crippen MR) is 154 cm³/mol. The van der Waals surface area contributed by atoms with E-state index in [2.05, 4.69) is 140 Å². The summed E-state index contributed by atoms with van der Waals surface area (Å²) in [5.41, 5.74) is 2.38. The van der Waals surface area contributed by atoms with Crippen molar-refractivity contribution in [1.29, 1.82) is 0 Å². The Morgan fingerprint density at radius 2 is 0.944 bits per heavy atom. The van der Waals surface area contributed by atoms with Gasteiger partial charge in [-0.05, 0) is 66.2 Å². The van der Waals surface area contributed by atoms with E-state index in [1.807, 2.05) is 0 Å². The number of rotatable bonds is 6. The van der Waals surface area contributed by atoms with Crippen molar-refractivity contribution in [2.45, 2.75) is 6.42 Å². The van der Waals surface area contributed by atoms with Crippen molar-refractivity contribution in [2.24, 2.45) is 0 Å². The van der Waals surface area contributed by atoms with Gasteiger partial charge in [-0.15, -0.1) is 11.3 Å². The van der Waals surface area contributed by atoms with Crippen molar-refractivity contribution in [3.8, 4) is 0 Å². The molecule has 1 aromatic heterocycles. The number of fused-ring (bicyclic) bond motifs is 1. The van der Waals surface area contributed by atoms with Crippen molar-refractivity contribution >= 4 is 50.0 Å². The smallest absolute Gasteiger partial charge is 0.144 e. The molecule has 0 fully saturated rings. The largest absolute Gasteiger partial charge is 1.00 e. The van der Waals surface area contributed by atoms with E-state index in [-0.39, 0.29) is 17.0 Å². The van der Waals surface area contributed by atoms with Crippen LogP contribution >= 0.6 is 18.6 Å². The topological polar surface area (TPSA) is 12.9 Å². The monoisotopic (exact) mass is 565 g/mol. The Morgan fingerprint density at radius 3 is 1.44 bits per heavy atom. The van der Waals surface area contributed by atoms with E-state index in [1.54, 1.807) is 11.3 Å². The molecule has 0 amide bonds. The fourth-order valence-electron chi connectivity index (χ4n) is 4.86. The number of aromatic nitrogens is 1. The first-order valence-corrected chi connectivity index (χ1v) is 14.4. The molecular weight excluding hydrogens is 541 g/mol. The van der Waals surface area contributed by atoms with Gasteiger partial charge in [0.1, 0.15) is 28.5 Å². The lowest BCUT2D eigenvalue weighted by molar-refractivity contribution is -0.00000664. The molecule has 5 aromatic carbocycles. The lowest BCUT2D eigenvalue weighted by Crippen LogP contribution is -3.00. The van der Waals surface area contributed by atoms with Gasteiger partial charge in [-0.25, -0.2) is 4.98 Å². The maximum Gasteiger partial charge on any atom is 0.144 e. The lowest BCUT2D eigenvalue weighted by atomic mass is 10.2. The van der Waals surface area contributed by atoms with Crippen LogP contribution in [0.4, 0.5) is 0 Å². The standard InChI is InChI=1S/C32H25NPS.BrH/c1-4-12-26(13-5-1)34(27-14-6-2-7-15-27,28-16-8-3-9-17-28)29-22-20-25(21-23-29)24-32-33-30-18-10-11-19-31(30)35-32;/h1-23H,24H2;1H/q+1;/p-1. The first-order chi connectivity index (χ1) is 17.3. The van der Waals surface area contributed by atoms with Crippen LogP contribution < -0.4 is 38.2 Å². The van der Waals surface area contributed by atoms with Crippen molar-refractivity contribution in [3.05, 3.63) is 150 Å². The molecule has 0 unspecified atom stereocenters. The number of thiazole rings is 1. The average Bonchev–Trinajstić information content (AvgIpc) is 3.34. The summed E-state index contributed by atoms with van der Waals surface area (Å²) in [4.78, 5) is 4.85. The van der Waals surface area contributed by atoms with E-state index in [0.717, 1.165) is 16.9 Å². The SMILES string of the molecule is [Br-].c1ccc([P+](c2ccccc2)(c2ccccc2)c2ccc(Cc3nc4ccccc4s3)cc2)cc1. The summed E-state index contributed by atoms with van der Waals surface area (Å²) >= 11 is 1.79. The molecule has 1 heterocycles. The van der Waals surface area contributed by atoms with Gasteiger partial charge in [0.25, 0.3) is 0 Å². The molecule has 36 heavy (non-hydrogen) atoms. The van der Waals surface area contributed by atoms with E-state index in [9.17, 15) is 0 Å². The highest BCUT2D eigenvalue weighted by Crippen LogP contribution is 2.54. The zero-order valence-corrected chi connectivity index (χ0v) is 23.0. The molecule has 0 radical (unpaired) electrons. The molecule has 0 N–H and O–H groups in total.